The van der Waals surface area contributed by atoms with Crippen molar-refractivity contribution in [2.24, 2.45) is 0 Å². The molecular formula is C19H17ClN4. The third kappa shape index (κ3) is 2.63. The van der Waals surface area contributed by atoms with Crippen molar-refractivity contribution in [3.8, 4) is 11.4 Å². The Morgan fingerprint density at radius 1 is 1.04 bits per heavy atom. The molecule has 4 aromatic rings. The van der Waals surface area contributed by atoms with Crippen LogP contribution in [-0.2, 0) is 6.42 Å². The van der Waals surface area contributed by atoms with E-state index >= 15 is 0 Å². The molecule has 24 heavy (non-hydrogen) atoms. The first-order valence-electron chi connectivity index (χ1n) is 8.16. The molecule has 5 heteroatoms. The first-order chi connectivity index (χ1) is 11.8. The summed E-state index contributed by atoms with van der Waals surface area (Å²) in [5.74, 6) is 1.62. The molecule has 0 unspecified atom stereocenters. The number of aromatic nitrogens is 4. The van der Waals surface area contributed by atoms with Crippen molar-refractivity contribution in [1.82, 2.24) is 19.6 Å². The molecule has 2 aromatic carbocycles. The van der Waals surface area contributed by atoms with E-state index in [0.717, 1.165) is 47.2 Å². The summed E-state index contributed by atoms with van der Waals surface area (Å²) in [6.07, 6.45) is 3.08. The van der Waals surface area contributed by atoms with Gasteiger partial charge in [0.15, 0.2) is 11.5 Å². The maximum Gasteiger partial charge on any atom is 0.182 e. The fourth-order valence-corrected chi connectivity index (χ4v) is 3.05. The minimum absolute atomic E-state index is 0.674. The number of halogens is 1. The average Bonchev–Trinajstić information content (AvgIpc) is 3.05. The highest BCUT2D eigenvalue weighted by atomic mass is 35.5. The van der Waals surface area contributed by atoms with E-state index in [0.29, 0.717) is 10.8 Å². The van der Waals surface area contributed by atoms with Gasteiger partial charge in [0.25, 0.3) is 0 Å². The van der Waals surface area contributed by atoms with Gasteiger partial charge in [0, 0.05) is 22.4 Å². The van der Waals surface area contributed by atoms with Crippen LogP contribution in [-0.4, -0.2) is 19.6 Å². The lowest BCUT2D eigenvalue weighted by atomic mass is 10.2. The Hall–Kier alpha value is -2.46. The number of fused-ring (bicyclic) bond motifs is 3. The number of para-hydroxylation sites is 1. The first-order valence-corrected chi connectivity index (χ1v) is 8.54. The normalized spacial score (nSPS) is 11.4. The summed E-state index contributed by atoms with van der Waals surface area (Å²) in [6, 6.07) is 15.7. The summed E-state index contributed by atoms with van der Waals surface area (Å²) in [6.45, 7) is 2.18. The average molecular weight is 337 g/mol. The zero-order chi connectivity index (χ0) is 16.5. The van der Waals surface area contributed by atoms with Crippen LogP contribution in [0.5, 0.6) is 0 Å². The van der Waals surface area contributed by atoms with Crippen LogP contribution in [0.1, 0.15) is 25.6 Å². The lowest BCUT2D eigenvalue weighted by Crippen LogP contribution is -2.03. The Morgan fingerprint density at radius 3 is 2.75 bits per heavy atom. The molecule has 0 N–H and O–H groups in total. The van der Waals surface area contributed by atoms with E-state index in [1.165, 1.54) is 0 Å². The van der Waals surface area contributed by atoms with Crippen LogP contribution in [0, 0.1) is 0 Å². The van der Waals surface area contributed by atoms with Gasteiger partial charge in [0.2, 0.25) is 0 Å². The first kappa shape index (κ1) is 15.1. The van der Waals surface area contributed by atoms with Gasteiger partial charge in [-0.1, -0.05) is 49.2 Å². The second kappa shape index (κ2) is 6.21. The van der Waals surface area contributed by atoms with E-state index in [1.807, 2.05) is 53.0 Å². The zero-order valence-electron chi connectivity index (χ0n) is 13.4. The zero-order valence-corrected chi connectivity index (χ0v) is 14.2. The molecule has 0 aliphatic carbocycles. The Morgan fingerprint density at radius 2 is 1.92 bits per heavy atom. The smallest absolute Gasteiger partial charge is 0.182 e. The summed E-state index contributed by atoms with van der Waals surface area (Å²) < 4.78 is 1.88. The Labute approximate surface area is 145 Å². The van der Waals surface area contributed by atoms with Crippen molar-refractivity contribution in [2.75, 3.05) is 0 Å². The molecule has 0 atom stereocenters. The highest BCUT2D eigenvalue weighted by Crippen LogP contribution is 2.24. The maximum absolute atomic E-state index is 6.11. The van der Waals surface area contributed by atoms with Gasteiger partial charge in [-0.3, -0.25) is 0 Å². The topological polar surface area (TPSA) is 43.1 Å². The van der Waals surface area contributed by atoms with Gasteiger partial charge in [-0.15, -0.1) is 5.10 Å². The molecule has 0 aliphatic rings. The third-order valence-electron chi connectivity index (χ3n) is 4.08. The maximum atomic E-state index is 6.11. The van der Waals surface area contributed by atoms with E-state index < -0.39 is 0 Å². The number of benzene rings is 2. The Kier molecular flexibility index (Phi) is 3.90. The third-order valence-corrected chi connectivity index (χ3v) is 4.32. The predicted octanol–water partition coefficient (Wildman–Crippen LogP) is 4.94. The number of hydrogen-bond acceptors (Lipinski definition) is 3. The second-order valence-corrected chi connectivity index (χ2v) is 6.27. The van der Waals surface area contributed by atoms with Crippen molar-refractivity contribution in [2.45, 2.75) is 26.2 Å². The summed E-state index contributed by atoms with van der Waals surface area (Å²) >= 11 is 6.11. The van der Waals surface area contributed by atoms with Crippen LogP contribution in [0.15, 0.2) is 48.5 Å². The van der Waals surface area contributed by atoms with Crippen LogP contribution >= 0.6 is 11.6 Å². The lowest BCUT2D eigenvalue weighted by molar-refractivity contribution is 0.720. The number of nitrogens with zero attached hydrogens (tertiary/aromatic N) is 4. The number of hydrogen-bond donors (Lipinski definition) is 0. The summed E-state index contributed by atoms with van der Waals surface area (Å²) in [7, 11) is 0. The molecule has 0 saturated heterocycles. The molecule has 2 aromatic heterocycles. The van der Waals surface area contributed by atoms with Crippen LogP contribution in [0.4, 0.5) is 0 Å². The van der Waals surface area contributed by atoms with Gasteiger partial charge in [0.1, 0.15) is 5.82 Å². The van der Waals surface area contributed by atoms with Crippen LogP contribution < -0.4 is 0 Å². The molecule has 0 spiro atoms. The monoisotopic (exact) mass is 336 g/mol. The fraction of sp³-hybridized carbons (Fsp3) is 0.211. The molecule has 0 amide bonds. The quantitative estimate of drug-likeness (QED) is 0.530. The van der Waals surface area contributed by atoms with Crippen LogP contribution in [0.25, 0.3) is 27.9 Å². The Balaban J connectivity index is 1.97. The van der Waals surface area contributed by atoms with E-state index in [9.17, 15) is 0 Å². The molecule has 0 saturated carbocycles. The van der Waals surface area contributed by atoms with E-state index in [4.69, 9.17) is 26.7 Å². The molecule has 2 heterocycles. The lowest BCUT2D eigenvalue weighted by Gasteiger charge is -2.05. The SMILES string of the molecule is CCCCc1nc2ccccc2c2nc(-c3cccc(Cl)c3)nn12. The Bertz CT molecular complexity index is 1020. The van der Waals surface area contributed by atoms with Crippen molar-refractivity contribution < 1.29 is 0 Å². The van der Waals surface area contributed by atoms with Crippen molar-refractivity contribution in [3.05, 3.63) is 59.4 Å². The minimum atomic E-state index is 0.674. The van der Waals surface area contributed by atoms with Crippen LogP contribution in [0.2, 0.25) is 5.02 Å². The van der Waals surface area contributed by atoms with Gasteiger partial charge < -0.3 is 0 Å². The number of unbranched alkanes of at least 4 members (excludes halogenated alkanes) is 1. The number of aryl methyl sites for hydroxylation is 1. The van der Waals surface area contributed by atoms with Gasteiger partial charge in [-0.25, -0.2) is 9.97 Å². The summed E-state index contributed by atoms with van der Waals surface area (Å²) in [5, 5.41) is 6.41. The molecule has 0 radical (unpaired) electrons. The van der Waals surface area contributed by atoms with Gasteiger partial charge in [0.05, 0.1) is 5.52 Å². The summed E-state index contributed by atoms with van der Waals surface area (Å²) in [5.41, 5.74) is 2.72. The van der Waals surface area contributed by atoms with Gasteiger partial charge in [-0.05, 0) is 30.7 Å². The second-order valence-electron chi connectivity index (χ2n) is 5.83. The minimum Gasteiger partial charge on any atom is -0.233 e. The van der Waals surface area contributed by atoms with Crippen molar-refractivity contribution >= 4 is 28.2 Å². The highest BCUT2D eigenvalue weighted by molar-refractivity contribution is 6.30. The molecular weight excluding hydrogens is 320 g/mol. The van der Waals surface area contributed by atoms with Crippen LogP contribution in [0.3, 0.4) is 0 Å². The van der Waals surface area contributed by atoms with E-state index in [-0.39, 0.29) is 0 Å². The highest BCUT2D eigenvalue weighted by Gasteiger charge is 2.14. The largest absolute Gasteiger partial charge is 0.233 e. The van der Waals surface area contributed by atoms with Gasteiger partial charge in [-0.2, -0.15) is 4.52 Å². The van der Waals surface area contributed by atoms with Crippen molar-refractivity contribution in [1.29, 1.82) is 0 Å². The molecule has 0 fully saturated rings. The molecule has 0 bridgehead atoms. The fourth-order valence-electron chi connectivity index (χ4n) is 2.86. The van der Waals surface area contributed by atoms with Crippen molar-refractivity contribution in [3.63, 3.8) is 0 Å². The standard InChI is InChI=1S/C19H17ClN4/c1-2-3-11-17-21-16-10-5-4-9-15(16)19-22-18(23-24(17)19)13-7-6-8-14(20)12-13/h4-10,12H,2-3,11H2,1H3. The molecule has 120 valence electrons. The van der Waals surface area contributed by atoms with E-state index in [2.05, 4.69) is 6.92 Å². The molecule has 4 nitrogen and oxygen atoms in total. The van der Waals surface area contributed by atoms with Gasteiger partial charge >= 0.3 is 0 Å². The summed E-state index contributed by atoms with van der Waals surface area (Å²) in [4.78, 5) is 9.57. The molecule has 0 aliphatic heterocycles. The number of rotatable bonds is 4. The molecule has 4 rings (SSSR count). The van der Waals surface area contributed by atoms with E-state index in [1.54, 1.807) is 0 Å². The predicted molar refractivity (Wildman–Crippen MR) is 97.3 cm³/mol.